The van der Waals surface area contributed by atoms with E-state index in [2.05, 4.69) is 4.52 Å². The van der Waals surface area contributed by atoms with E-state index in [1.54, 1.807) is 6.92 Å². The zero-order valence-corrected chi connectivity index (χ0v) is 5.89. The highest BCUT2D eigenvalue weighted by Crippen LogP contribution is 2.18. The normalized spacial score (nSPS) is 15.6. The van der Waals surface area contributed by atoms with Crippen LogP contribution in [0.25, 0.3) is 0 Å². The fourth-order valence-electron chi connectivity index (χ4n) is 0.228. The molecule has 0 bridgehead atoms. The molecule has 8 heavy (non-hydrogen) atoms. The summed E-state index contributed by atoms with van der Waals surface area (Å²) in [5.74, 6) is 0. The van der Waals surface area contributed by atoms with Gasteiger partial charge in [0.2, 0.25) is 0 Å². The van der Waals surface area contributed by atoms with Crippen LogP contribution < -0.4 is 0 Å². The summed E-state index contributed by atoms with van der Waals surface area (Å²) in [6, 6.07) is 0. The van der Waals surface area contributed by atoms with E-state index < -0.39 is 8.25 Å². The fraction of sp³-hybridized carbons (Fsp3) is 1.00. The molecule has 0 aromatic carbocycles. The number of hydrogen-bond acceptors (Lipinski definition) is 2. The van der Waals surface area contributed by atoms with E-state index in [1.165, 1.54) is 0 Å². The lowest BCUT2D eigenvalue weighted by molar-refractivity contribution is 0.202. The lowest BCUT2D eigenvalue weighted by Crippen LogP contribution is -1.98. The molecule has 2 atom stereocenters. The molecule has 0 aliphatic heterocycles. The molecule has 0 saturated carbocycles. The zero-order valence-electron chi connectivity index (χ0n) is 5.00. The van der Waals surface area contributed by atoms with Crippen molar-refractivity contribution in [2.45, 2.75) is 26.4 Å². The molecule has 0 spiro atoms. The van der Waals surface area contributed by atoms with Gasteiger partial charge in [-0.1, -0.05) is 6.92 Å². The van der Waals surface area contributed by atoms with Gasteiger partial charge in [-0.15, -0.1) is 9.42 Å². The van der Waals surface area contributed by atoms with Crippen molar-refractivity contribution in [3.05, 3.63) is 0 Å². The molecule has 0 aromatic rings. The van der Waals surface area contributed by atoms with Gasteiger partial charge < -0.3 is 0 Å². The minimum Gasteiger partial charge on any atom is -0.133 e. The lowest BCUT2D eigenvalue weighted by atomic mass is 10.3. The highest BCUT2D eigenvalue weighted by atomic mass is 31.1. The van der Waals surface area contributed by atoms with Crippen molar-refractivity contribution in [3.8, 4) is 0 Å². The summed E-state index contributed by atoms with van der Waals surface area (Å²) in [6.07, 6.45) is 0.658. The average molecular weight is 137 g/mol. The Bertz CT molecular complexity index is 83.4. The van der Waals surface area contributed by atoms with E-state index in [-0.39, 0.29) is 6.10 Å². The molecule has 0 aliphatic rings. The molecule has 48 valence electrons. The minimum absolute atomic E-state index is 0.108. The third-order valence-electron chi connectivity index (χ3n) is 0.845. The Morgan fingerprint density at radius 1 is 1.88 bits per heavy atom. The molecule has 3 nitrogen and oxygen atoms in total. The predicted molar refractivity (Wildman–Crippen MR) is 30.7 cm³/mol. The summed E-state index contributed by atoms with van der Waals surface area (Å²) in [6.45, 7) is 3.65. The van der Waals surface area contributed by atoms with Crippen molar-refractivity contribution in [2.75, 3.05) is 0 Å². The Kier molecular flexibility index (Phi) is 3.97. The molecular formula is C4H10O3P+. The van der Waals surface area contributed by atoms with E-state index in [0.717, 1.165) is 6.42 Å². The first-order valence-corrected chi connectivity index (χ1v) is 3.62. The lowest BCUT2D eigenvalue weighted by Gasteiger charge is -1.93. The topological polar surface area (TPSA) is 46.5 Å². The third-order valence-corrected chi connectivity index (χ3v) is 1.39. The van der Waals surface area contributed by atoms with Gasteiger partial charge in [0, 0.05) is 4.57 Å². The highest BCUT2D eigenvalue weighted by Gasteiger charge is 2.16. The van der Waals surface area contributed by atoms with Gasteiger partial charge in [-0.2, -0.15) is 0 Å². The van der Waals surface area contributed by atoms with Crippen LogP contribution in [0, 0.1) is 0 Å². The Hall–Kier alpha value is 0.0200. The largest absolute Gasteiger partial charge is 0.694 e. The summed E-state index contributed by atoms with van der Waals surface area (Å²) in [5.41, 5.74) is 0. The molecule has 0 saturated heterocycles. The van der Waals surface area contributed by atoms with Gasteiger partial charge in [-0.25, -0.2) is 0 Å². The monoisotopic (exact) mass is 137 g/mol. The first kappa shape index (κ1) is 8.02. The smallest absolute Gasteiger partial charge is 0.133 e. The standard InChI is InChI=1S/C4H9O3P/c1-3-4(2)7-8(5)6/h4H,3H2,1-2H3/p+1. The maximum Gasteiger partial charge on any atom is 0.694 e. The molecule has 0 rings (SSSR count). The molecule has 1 N–H and O–H groups in total. The van der Waals surface area contributed by atoms with Gasteiger partial charge in [0.1, 0.15) is 6.10 Å². The predicted octanol–water partition coefficient (Wildman–Crippen LogP) is 1.45. The van der Waals surface area contributed by atoms with Crippen LogP contribution in [-0.4, -0.2) is 11.0 Å². The second-order valence-corrected chi connectivity index (χ2v) is 2.25. The molecule has 0 fully saturated rings. The molecule has 0 aliphatic carbocycles. The Balaban J connectivity index is 3.24. The van der Waals surface area contributed by atoms with E-state index in [4.69, 9.17) is 4.89 Å². The van der Waals surface area contributed by atoms with Crippen molar-refractivity contribution in [2.24, 2.45) is 0 Å². The van der Waals surface area contributed by atoms with Crippen LogP contribution in [0.3, 0.4) is 0 Å². The molecule has 0 amide bonds. The molecule has 0 radical (unpaired) electrons. The van der Waals surface area contributed by atoms with Crippen LogP contribution >= 0.6 is 8.25 Å². The molecule has 0 heterocycles. The quantitative estimate of drug-likeness (QED) is 0.599. The molecule has 4 heteroatoms. The van der Waals surface area contributed by atoms with E-state index >= 15 is 0 Å². The third kappa shape index (κ3) is 4.19. The van der Waals surface area contributed by atoms with Crippen molar-refractivity contribution in [1.29, 1.82) is 0 Å². The SMILES string of the molecule is CCC(C)O[P+](=O)O. The minimum atomic E-state index is -2.40. The van der Waals surface area contributed by atoms with E-state index in [0.29, 0.717) is 0 Å². The second-order valence-electron chi connectivity index (χ2n) is 1.56. The van der Waals surface area contributed by atoms with Gasteiger partial charge in [0.05, 0.1) is 0 Å². The number of rotatable bonds is 3. The molecule has 0 aromatic heterocycles. The summed E-state index contributed by atoms with van der Waals surface area (Å²) in [4.78, 5) is 8.14. The van der Waals surface area contributed by atoms with Crippen LogP contribution in [0.2, 0.25) is 0 Å². The van der Waals surface area contributed by atoms with Crippen LogP contribution in [0.1, 0.15) is 20.3 Å². The Morgan fingerprint density at radius 2 is 2.38 bits per heavy atom. The van der Waals surface area contributed by atoms with Gasteiger partial charge >= 0.3 is 8.25 Å². The highest BCUT2D eigenvalue weighted by molar-refractivity contribution is 7.32. The second kappa shape index (κ2) is 3.96. The van der Waals surface area contributed by atoms with Crippen LogP contribution in [0.5, 0.6) is 0 Å². The summed E-state index contributed by atoms with van der Waals surface area (Å²) >= 11 is 0. The first-order valence-electron chi connectivity index (χ1n) is 2.49. The van der Waals surface area contributed by atoms with Gasteiger partial charge in [0.15, 0.2) is 0 Å². The van der Waals surface area contributed by atoms with Gasteiger partial charge in [-0.05, 0) is 13.3 Å². The van der Waals surface area contributed by atoms with Crippen LogP contribution in [-0.2, 0) is 9.09 Å². The number of hydrogen-bond donors (Lipinski definition) is 1. The van der Waals surface area contributed by atoms with E-state index in [1.807, 2.05) is 6.92 Å². The average Bonchev–Trinajstić information content (AvgIpc) is 1.65. The van der Waals surface area contributed by atoms with Gasteiger partial charge in [-0.3, -0.25) is 0 Å². The van der Waals surface area contributed by atoms with Crippen molar-refractivity contribution < 1.29 is 14.0 Å². The van der Waals surface area contributed by atoms with Gasteiger partial charge in [0.25, 0.3) is 0 Å². The maximum atomic E-state index is 9.89. The van der Waals surface area contributed by atoms with Crippen molar-refractivity contribution in [1.82, 2.24) is 0 Å². The fourth-order valence-corrected chi connectivity index (χ4v) is 0.685. The van der Waals surface area contributed by atoms with Crippen molar-refractivity contribution >= 4 is 8.25 Å². The summed E-state index contributed by atoms with van der Waals surface area (Å²) < 4.78 is 14.4. The molecular weight excluding hydrogens is 127 g/mol. The summed E-state index contributed by atoms with van der Waals surface area (Å²) in [5, 5.41) is 0. The van der Waals surface area contributed by atoms with E-state index in [9.17, 15) is 4.57 Å². The zero-order chi connectivity index (χ0) is 6.57. The first-order chi connectivity index (χ1) is 3.66. The summed E-state index contributed by atoms with van der Waals surface area (Å²) in [7, 11) is -2.40. The van der Waals surface area contributed by atoms with Crippen molar-refractivity contribution in [3.63, 3.8) is 0 Å². The maximum absolute atomic E-state index is 9.89. The Labute approximate surface area is 49.6 Å². The van der Waals surface area contributed by atoms with Crippen LogP contribution in [0.15, 0.2) is 0 Å². The molecule has 2 unspecified atom stereocenters. The Morgan fingerprint density at radius 3 is 2.50 bits per heavy atom. The van der Waals surface area contributed by atoms with Crippen LogP contribution in [0.4, 0.5) is 0 Å².